The molecule has 0 N–H and O–H groups in total. The van der Waals surface area contributed by atoms with Gasteiger partial charge in [-0.15, -0.1) is 0 Å². The zero-order valence-corrected chi connectivity index (χ0v) is 41.1. The van der Waals surface area contributed by atoms with Crippen molar-refractivity contribution < 1.29 is 60.5 Å². The number of ether oxygens (including phenoxy) is 10. The first-order valence-electron chi connectivity index (χ1n) is 25.1. The van der Waals surface area contributed by atoms with Gasteiger partial charge < -0.3 is 47.4 Å². The van der Waals surface area contributed by atoms with Gasteiger partial charge in [-0.05, 0) is 76.6 Å². The van der Waals surface area contributed by atoms with Crippen LogP contribution in [0.4, 0.5) is 18.9 Å². The van der Waals surface area contributed by atoms with Crippen molar-refractivity contribution in [2.75, 3.05) is 6.61 Å². The van der Waals surface area contributed by atoms with Crippen molar-refractivity contribution in [3.05, 3.63) is 150 Å². The number of alkyl halides is 3. The highest BCUT2D eigenvalue weighted by Gasteiger charge is 2.56. The van der Waals surface area contributed by atoms with Crippen LogP contribution >= 0.6 is 0 Å². The van der Waals surface area contributed by atoms with Crippen molar-refractivity contribution in [2.45, 2.75) is 148 Å². The van der Waals surface area contributed by atoms with E-state index in [1.807, 2.05) is 100 Å². The van der Waals surface area contributed by atoms with E-state index in [2.05, 4.69) is 49.2 Å². The maximum Gasteiger partial charge on any atom is 0.468 e. The first-order valence-corrected chi connectivity index (χ1v) is 25.1. The molecule has 0 aliphatic carbocycles. The van der Waals surface area contributed by atoms with Crippen LogP contribution in [0, 0.1) is 23.7 Å². The fraction of sp³-hybridized carbons (Fsp3) is 0.491. The van der Waals surface area contributed by atoms with Gasteiger partial charge in [0.2, 0.25) is 6.29 Å². The summed E-state index contributed by atoms with van der Waals surface area (Å²) in [5.41, 5.74) is 2.82. The van der Waals surface area contributed by atoms with Gasteiger partial charge in [0.25, 0.3) is 5.90 Å². The van der Waals surface area contributed by atoms with Crippen molar-refractivity contribution in [2.24, 2.45) is 28.7 Å². The van der Waals surface area contributed by atoms with Gasteiger partial charge in [0, 0.05) is 5.56 Å². The van der Waals surface area contributed by atoms with Crippen molar-refractivity contribution in [3.63, 3.8) is 0 Å². The normalized spacial score (nSPS) is 33.6. The second-order valence-electron chi connectivity index (χ2n) is 19.3. The summed E-state index contributed by atoms with van der Waals surface area (Å²) < 4.78 is 112. The third kappa shape index (κ3) is 11.9. The van der Waals surface area contributed by atoms with Crippen LogP contribution in [0.3, 0.4) is 0 Å². The lowest BCUT2D eigenvalue weighted by molar-refractivity contribution is -0.400. The van der Waals surface area contributed by atoms with E-state index in [9.17, 15) is 13.2 Å². The predicted molar refractivity (Wildman–Crippen MR) is 261 cm³/mol. The Hall–Kier alpha value is -4.74. The molecule has 14 heteroatoms. The Balaban J connectivity index is 1.06. The molecule has 380 valence electrons. The summed E-state index contributed by atoms with van der Waals surface area (Å²) in [7, 11) is 0. The zero-order valence-electron chi connectivity index (χ0n) is 41.1. The van der Waals surface area contributed by atoms with Crippen LogP contribution in [-0.4, -0.2) is 86.4 Å². The zero-order chi connectivity index (χ0) is 49.6. The molecular formula is C57H66F3NO10. The summed E-state index contributed by atoms with van der Waals surface area (Å²) in [5, 5.41) is 2.20. The number of aliphatic imine (C=N–C) groups is 1. The van der Waals surface area contributed by atoms with E-state index in [1.54, 1.807) is 18.2 Å². The van der Waals surface area contributed by atoms with Crippen molar-refractivity contribution in [3.8, 4) is 0 Å². The minimum absolute atomic E-state index is 0.0249. The summed E-state index contributed by atoms with van der Waals surface area (Å²) in [6, 6.07) is 41.9. The molecule has 0 radical (unpaired) electrons. The third-order valence-corrected chi connectivity index (χ3v) is 14.8. The Bertz CT molecular complexity index is 2480. The van der Waals surface area contributed by atoms with Gasteiger partial charge in [-0.2, -0.15) is 13.2 Å². The molecule has 4 saturated heterocycles. The number of para-hydroxylation sites is 1. The van der Waals surface area contributed by atoms with Crippen LogP contribution in [0.25, 0.3) is 10.8 Å². The van der Waals surface area contributed by atoms with Gasteiger partial charge in [0.1, 0.15) is 36.6 Å². The number of fused-ring (bicyclic) bond motifs is 2. The number of hydrogen-bond acceptors (Lipinski definition) is 11. The second kappa shape index (κ2) is 23.0. The number of nitrogens with zero attached hydrogens (tertiary/aromatic N) is 1. The molecule has 0 spiro atoms. The number of benzene rings is 5. The highest BCUT2D eigenvalue weighted by molar-refractivity contribution is 5.84. The summed E-state index contributed by atoms with van der Waals surface area (Å²) in [6.45, 7) is 12.7. The Labute approximate surface area is 414 Å². The molecule has 4 fully saturated rings. The van der Waals surface area contributed by atoms with Gasteiger partial charge in [-0.3, -0.25) is 0 Å². The van der Waals surface area contributed by atoms with E-state index >= 15 is 0 Å². The fourth-order valence-corrected chi connectivity index (χ4v) is 10.3. The first-order chi connectivity index (χ1) is 34.4. The van der Waals surface area contributed by atoms with Crippen LogP contribution in [-0.2, 0) is 60.6 Å². The molecule has 4 heterocycles. The van der Waals surface area contributed by atoms with Crippen molar-refractivity contribution >= 4 is 22.4 Å². The van der Waals surface area contributed by atoms with Gasteiger partial charge in [-0.25, -0.2) is 4.99 Å². The Kier molecular flexibility index (Phi) is 16.6. The topological polar surface area (TPSA) is 105 Å². The largest absolute Gasteiger partial charge is 0.468 e. The molecule has 5 aromatic rings. The minimum Gasteiger partial charge on any atom is -0.441 e. The highest BCUT2D eigenvalue weighted by Crippen LogP contribution is 2.44. The minimum atomic E-state index is -4.94. The van der Waals surface area contributed by atoms with Crippen molar-refractivity contribution in [1.82, 2.24) is 0 Å². The quantitative estimate of drug-likeness (QED) is 0.0744. The highest BCUT2D eigenvalue weighted by atomic mass is 19.4. The summed E-state index contributed by atoms with van der Waals surface area (Å²) >= 11 is 0. The number of rotatable bonds is 15. The van der Waals surface area contributed by atoms with E-state index in [0.29, 0.717) is 12.8 Å². The van der Waals surface area contributed by atoms with Gasteiger partial charge >= 0.3 is 6.18 Å². The van der Waals surface area contributed by atoms with Crippen LogP contribution in [0.5, 0.6) is 0 Å². The summed E-state index contributed by atoms with van der Waals surface area (Å²) in [4.78, 5) is 3.91. The average molecular weight is 982 g/mol. The lowest BCUT2D eigenvalue weighted by Crippen LogP contribution is -2.65. The Morgan fingerprint density at radius 1 is 0.563 bits per heavy atom. The smallest absolute Gasteiger partial charge is 0.441 e. The number of halogens is 3. The maximum atomic E-state index is 14.8. The molecule has 4 aliphatic heterocycles. The predicted octanol–water partition coefficient (Wildman–Crippen LogP) is 12.0. The maximum absolute atomic E-state index is 14.8. The fourth-order valence-electron chi connectivity index (χ4n) is 10.3. The molecule has 9 rings (SSSR count). The monoisotopic (exact) mass is 981 g/mol. The van der Waals surface area contributed by atoms with Gasteiger partial charge in [-0.1, -0.05) is 157 Å². The van der Waals surface area contributed by atoms with E-state index < -0.39 is 80.0 Å². The molecule has 0 saturated carbocycles. The summed E-state index contributed by atoms with van der Waals surface area (Å²) in [6.07, 6.45) is -13.6. The van der Waals surface area contributed by atoms with Gasteiger partial charge in [0.15, 0.2) is 18.9 Å². The van der Waals surface area contributed by atoms with Crippen LogP contribution in [0.2, 0.25) is 0 Å². The average Bonchev–Trinajstić information content (AvgIpc) is 3.39. The molecule has 0 aromatic heterocycles. The SMILES string of the molecule is CCC1O[C@H](OC2[C@@H](OC(=Nc3ccccc3)C(F)(F)F)OC(CC)[C@@H](C)[C@@H]2C)C(O[C@@H]2OC3COC(c4ccccc4)O[C@H]3[C@H](OCc3ccc4ccccc4c3)C2OCc2ccccc2)[C@@H](C)[C@@H]1C. The van der Waals surface area contributed by atoms with Crippen molar-refractivity contribution in [1.29, 1.82) is 0 Å². The first kappa shape index (κ1) is 51.2. The Morgan fingerprint density at radius 3 is 1.76 bits per heavy atom. The molecule has 0 amide bonds. The number of hydrogen-bond donors (Lipinski definition) is 0. The second-order valence-corrected chi connectivity index (χ2v) is 19.3. The standard InChI is InChI=1S/C57H66F3NO10/c1-7-44-34(3)36(5)47(53(65-44)68-48-37(6)35(4)45(8-2)66-54(48)71-56(57(58,59)60)61-43-26-16-11-17-27-43)69-55-51(63-31-38-20-12-9-13-21-38)50(62-32-39-28-29-40-22-18-19-25-42(40)30-39)49-46(67-55)33-64-52(70-49)41-23-14-10-15-24-41/h9-30,34-37,44-55H,7-8,31-33H2,1-6H3/t34-,35-,36-,37-,44?,45?,46?,47?,48?,49+,50-,51?,52?,53+,54+,55-/m0/s1. The Morgan fingerprint density at radius 2 is 1.11 bits per heavy atom. The van der Waals surface area contributed by atoms with E-state index in [1.165, 1.54) is 12.1 Å². The lowest BCUT2D eigenvalue weighted by Gasteiger charge is -2.52. The molecule has 71 heavy (non-hydrogen) atoms. The molecule has 5 aromatic carbocycles. The lowest BCUT2D eigenvalue weighted by atomic mass is 9.81. The van der Waals surface area contributed by atoms with Crippen LogP contribution in [0.15, 0.2) is 138 Å². The molecular weight excluding hydrogens is 916 g/mol. The third-order valence-electron chi connectivity index (χ3n) is 14.8. The van der Waals surface area contributed by atoms with Crippen LogP contribution in [0.1, 0.15) is 77.4 Å². The molecule has 11 nitrogen and oxygen atoms in total. The van der Waals surface area contributed by atoms with E-state index in [-0.39, 0.29) is 55.3 Å². The summed E-state index contributed by atoms with van der Waals surface area (Å²) in [5.74, 6) is -2.14. The van der Waals surface area contributed by atoms with E-state index in [0.717, 1.165) is 27.5 Å². The van der Waals surface area contributed by atoms with E-state index in [4.69, 9.17) is 47.4 Å². The van der Waals surface area contributed by atoms with Crippen LogP contribution < -0.4 is 0 Å². The molecule has 0 bridgehead atoms. The molecule has 7 unspecified atom stereocenters. The molecule has 16 atom stereocenters. The van der Waals surface area contributed by atoms with Gasteiger partial charge in [0.05, 0.1) is 37.7 Å². The molecule has 4 aliphatic rings.